The van der Waals surface area contributed by atoms with Crippen molar-refractivity contribution in [3.05, 3.63) is 63.8 Å². The zero-order chi connectivity index (χ0) is 60.4. The Morgan fingerprint density at radius 1 is 0.493 bits per heavy atom. The van der Waals surface area contributed by atoms with E-state index in [-0.39, 0.29) is 19.8 Å². The molecule has 0 spiro atoms. The van der Waals surface area contributed by atoms with E-state index in [0.717, 1.165) is 6.92 Å². The molecule has 0 aromatic rings. The molecule has 40 heteroatoms. The van der Waals surface area contributed by atoms with Crippen LogP contribution >= 0.6 is 0 Å². The molecule has 0 N–H and O–H groups in total. The Balaban J connectivity index is -0.0000000761. The first-order chi connectivity index (χ1) is 33.4. The third-order valence-electron chi connectivity index (χ3n) is 3.48. The molecule has 0 aromatic heterocycles. The van der Waals surface area contributed by atoms with Crippen molar-refractivity contribution in [2.24, 2.45) is 0 Å². The molecule has 4 unspecified atom stereocenters. The summed E-state index contributed by atoms with van der Waals surface area (Å²) in [7, 11) is 2.90. The Bertz CT molecular complexity index is 1240. The molecule has 0 aliphatic carbocycles. The zero-order valence-corrected chi connectivity index (χ0v) is 37.1. The van der Waals surface area contributed by atoms with Crippen molar-refractivity contribution >= 4 is 24.6 Å². The third kappa shape index (κ3) is 133. The lowest BCUT2D eigenvalue weighted by Gasteiger charge is -2.09. The highest BCUT2D eigenvalue weighted by molar-refractivity contribution is 5.62. The first kappa shape index (κ1) is 89.8. The number of cyclic esters (lactones) is 8. The van der Waals surface area contributed by atoms with Gasteiger partial charge in [-0.3, -0.25) is 0 Å². The Morgan fingerprint density at radius 2 is 0.671 bits per heavy atom. The number of halogens is 24. The highest BCUT2D eigenvalue weighted by atomic mass is 19.4. The number of ether oxygens (including phenoxy) is 12. The summed E-state index contributed by atoms with van der Waals surface area (Å²) in [5, 5.41) is 0. The lowest BCUT2D eigenvalue weighted by molar-refractivity contribution is -0.365. The number of alkyl halides is 16. The van der Waals surface area contributed by atoms with Crippen molar-refractivity contribution in [3.63, 3.8) is 0 Å². The number of hydrogen-bond acceptors (Lipinski definition) is 16. The maximum absolute atomic E-state index is 11.5. The zero-order valence-electron chi connectivity index (χ0n) is 37.1. The average molecular weight is 1150 g/mol. The van der Waals surface area contributed by atoms with E-state index in [2.05, 4.69) is 96.3 Å². The van der Waals surface area contributed by atoms with E-state index in [4.69, 9.17) is 0 Å². The summed E-state index contributed by atoms with van der Waals surface area (Å²) in [6, 6.07) is 0. The summed E-state index contributed by atoms with van der Waals surface area (Å²) in [4.78, 5) is 40.4. The molecule has 16 nitrogen and oxygen atoms in total. The molecular weight excluding hydrogens is 1110 g/mol. The second-order valence-electron chi connectivity index (χ2n) is 8.67. The van der Waals surface area contributed by atoms with E-state index in [0.29, 0.717) is 0 Å². The monoisotopic (exact) mass is 1150 g/mol. The number of methoxy groups -OCH3 is 2. The minimum atomic E-state index is -4.81. The molecule has 4 heterocycles. The average Bonchev–Trinajstić information content (AvgIpc) is 4.04. The molecule has 4 fully saturated rings. The predicted octanol–water partition coefficient (Wildman–Crippen LogP) is 13.5. The second-order valence-corrected chi connectivity index (χ2v) is 8.67. The van der Waals surface area contributed by atoms with Crippen LogP contribution in [0.15, 0.2) is 63.8 Å². The highest BCUT2D eigenvalue weighted by Crippen LogP contribution is 2.22. The third-order valence-corrected chi connectivity index (χ3v) is 3.48. The minimum absolute atomic E-state index is 0.204. The molecule has 440 valence electrons. The van der Waals surface area contributed by atoms with Crippen LogP contribution in [0.1, 0.15) is 6.92 Å². The molecule has 4 rings (SSSR count). The normalized spacial score (nSPS) is 16.5. The van der Waals surface area contributed by atoms with Crippen molar-refractivity contribution in [3.8, 4) is 0 Å². The molecule has 4 saturated heterocycles. The van der Waals surface area contributed by atoms with Gasteiger partial charge < -0.3 is 52.1 Å². The molecular formula is C33H44F24O16. The molecule has 4 atom stereocenters. The highest BCUT2D eigenvalue weighted by Gasteiger charge is 2.39. The molecule has 0 saturated carbocycles. The van der Waals surface area contributed by atoms with Crippen LogP contribution < -0.4 is 0 Å². The smallest absolute Gasteiger partial charge is 0.428 e. The molecule has 4 aliphatic rings. The summed E-state index contributed by atoms with van der Waals surface area (Å²) in [6.45, 7) is 6.85. The predicted molar refractivity (Wildman–Crippen MR) is 195 cm³/mol. The fourth-order valence-electron chi connectivity index (χ4n) is 1.95. The summed E-state index contributed by atoms with van der Waals surface area (Å²) in [5.41, 5.74) is 0. The van der Waals surface area contributed by atoms with Crippen molar-refractivity contribution in [1.82, 2.24) is 0 Å². The van der Waals surface area contributed by atoms with Crippen LogP contribution in [0, 0.1) is 0 Å². The van der Waals surface area contributed by atoms with Crippen LogP contribution in [-0.2, 0) is 56.8 Å². The number of carbonyl (C=O) groups is 4. The molecule has 4 aliphatic heterocycles. The van der Waals surface area contributed by atoms with Gasteiger partial charge in [-0.15, -0.1) is 26.3 Å². The molecule has 0 radical (unpaired) electrons. The van der Waals surface area contributed by atoms with E-state index < -0.39 is 134 Å². The summed E-state index contributed by atoms with van der Waals surface area (Å²) < 4.78 is 298. The van der Waals surface area contributed by atoms with E-state index in [1.807, 2.05) is 0 Å². The van der Waals surface area contributed by atoms with Crippen LogP contribution in [-0.4, -0.2) is 144 Å². The lowest BCUT2D eigenvalue weighted by Crippen LogP contribution is -2.25. The van der Waals surface area contributed by atoms with Crippen LogP contribution in [0.5, 0.6) is 0 Å². The Kier molecular flexibility index (Phi) is 78.7. The molecule has 73 heavy (non-hydrogen) atoms. The summed E-state index contributed by atoms with van der Waals surface area (Å²) in [5.74, 6) is 0. The van der Waals surface area contributed by atoms with Gasteiger partial charge in [0.1, 0.15) is 6.61 Å². The largest absolute Gasteiger partial charge is 0.525 e. The Labute approximate surface area is 396 Å². The lowest BCUT2D eigenvalue weighted by atomic mass is 10.6. The first-order valence-corrected chi connectivity index (χ1v) is 16.5. The van der Waals surface area contributed by atoms with Crippen molar-refractivity contribution in [1.29, 1.82) is 0 Å². The Hall–Kier alpha value is -6.06. The number of hydrogen-bond donors (Lipinski definition) is 0. The van der Waals surface area contributed by atoms with Gasteiger partial charge in [0.15, 0.2) is 26.4 Å². The number of rotatable bonds is 5. The van der Waals surface area contributed by atoms with Crippen LogP contribution in [0.25, 0.3) is 0 Å². The first-order valence-electron chi connectivity index (χ1n) is 16.5. The van der Waals surface area contributed by atoms with Crippen LogP contribution in [0.4, 0.5) is 125 Å². The molecule has 0 amide bonds. The van der Waals surface area contributed by atoms with Crippen molar-refractivity contribution in [2.75, 3.05) is 75.0 Å². The van der Waals surface area contributed by atoms with Gasteiger partial charge in [0.2, 0.25) is 59.3 Å². The topological polar surface area (TPSA) is 179 Å². The molecule has 0 bridgehead atoms. The van der Waals surface area contributed by atoms with Gasteiger partial charge in [0.05, 0.1) is 0 Å². The minimum Gasteiger partial charge on any atom is -0.428 e. The maximum atomic E-state index is 11.5. The van der Waals surface area contributed by atoms with Crippen LogP contribution in [0.3, 0.4) is 0 Å². The fourth-order valence-corrected chi connectivity index (χ4v) is 1.95. The van der Waals surface area contributed by atoms with Gasteiger partial charge in [0, 0.05) is 14.2 Å². The number of carbonyl (C=O) groups excluding carboxylic acids is 4. The van der Waals surface area contributed by atoms with E-state index in [1.54, 1.807) is 0 Å². The van der Waals surface area contributed by atoms with E-state index in [1.165, 1.54) is 14.2 Å². The van der Waals surface area contributed by atoms with Gasteiger partial charge in [-0.25, -0.2) is 67.8 Å². The second kappa shape index (κ2) is 64.0. The Morgan fingerprint density at radius 3 is 0.795 bits per heavy atom. The van der Waals surface area contributed by atoms with Crippen molar-refractivity contribution in [2.45, 2.75) is 51.0 Å². The SMILES string of the molecule is C=C.C=C(F)F.C=C(F)F.C=C(F)F.C=C(F)F.CC(F)F.COC1COC(=O)O1.COC1COC(=O)O1.FCF.FCF.FCF.FCF.O=C1OCC(OC(F)(F)F)O1.O=C1OCC(OCC(F)(F)F)O1. The quantitative estimate of drug-likeness (QED) is 0.110. The van der Waals surface area contributed by atoms with Gasteiger partial charge in [0.25, 0.3) is 24.3 Å². The standard InChI is InChI=1S/C5H5F3O4.C4H3F3O4.2C4H6O4.C2H4F2.4C2H2F2.C2H4.4CH2F2/c6-5(7,8)2-11-3-1-10-4(9)12-3;5-4(6,7)11-2-1-9-3(8)10-2;2*1-6-3-2-7-4(5)8-3;5*1-2(3)4;1-2;4*2-1-3/h3H,1-2H2;2H,1H2;2*3H,2H2,1H3;2H,1H3;4*1H2;1-2H2;4*1H2. The van der Waals surface area contributed by atoms with Gasteiger partial charge >= 0.3 is 37.2 Å². The van der Waals surface area contributed by atoms with Gasteiger partial charge in [-0.05, 0) is 33.2 Å². The van der Waals surface area contributed by atoms with Gasteiger partial charge in [-0.2, -0.15) is 48.3 Å². The van der Waals surface area contributed by atoms with Gasteiger partial charge in [-0.1, -0.05) is 0 Å². The van der Waals surface area contributed by atoms with Crippen molar-refractivity contribution < 1.29 is 181 Å². The molecule has 0 aromatic carbocycles. The summed E-state index contributed by atoms with van der Waals surface area (Å²) >= 11 is 0. The van der Waals surface area contributed by atoms with E-state index in [9.17, 15) is 125 Å². The van der Waals surface area contributed by atoms with Crippen LogP contribution in [0.2, 0.25) is 0 Å². The summed E-state index contributed by atoms with van der Waals surface area (Å²) in [6.07, 6.45) is -26.1. The maximum Gasteiger partial charge on any atom is 0.525 e. The van der Waals surface area contributed by atoms with E-state index >= 15 is 0 Å². The fraction of sp³-hybridized carbons (Fsp3) is 0.576.